The fourth-order valence-corrected chi connectivity index (χ4v) is 4.82. The standard InChI is InChI=1S/C34H34N4O4/c1-40-31-19-27(20-32(41-2)34(31)42-3)38(22-26-18-25-8-4-6-10-29(25)36-26)21-24-14-12-23(13-15-24)16-17-33(39)37-30-11-7-5-9-28(30)35/h4-20,36H,21-22,35H2,1-3H3,(H,37,39). The molecular formula is C34H34N4O4. The number of nitrogens with zero attached hydrogens (tertiary/aromatic N) is 1. The molecule has 5 rings (SSSR count). The first-order valence-electron chi connectivity index (χ1n) is 13.5. The summed E-state index contributed by atoms with van der Waals surface area (Å²) in [6, 6.07) is 29.6. The van der Waals surface area contributed by atoms with Crippen molar-refractivity contribution >= 4 is 39.9 Å². The highest BCUT2D eigenvalue weighted by molar-refractivity contribution is 6.03. The van der Waals surface area contributed by atoms with Crippen molar-refractivity contribution in [3.05, 3.63) is 114 Å². The van der Waals surface area contributed by atoms with E-state index in [9.17, 15) is 4.79 Å². The number of hydrogen-bond acceptors (Lipinski definition) is 6. The summed E-state index contributed by atoms with van der Waals surface area (Å²) in [5, 5.41) is 3.97. The quantitative estimate of drug-likeness (QED) is 0.123. The number of para-hydroxylation sites is 3. The average molecular weight is 563 g/mol. The van der Waals surface area contributed by atoms with Crippen LogP contribution in [0.1, 0.15) is 16.8 Å². The summed E-state index contributed by atoms with van der Waals surface area (Å²) >= 11 is 0. The number of fused-ring (bicyclic) bond motifs is 1. The highest BCUT2D eigenvalue weighted by atomic mass is 16.5. The highest BCUT2D eigenvalue weighted by Gasteiger charge is 2.18. The Kier molecular flexibility index (Phi) is 8.63. The Morgan fingerprint density at radius 1 is 0.857 bits per heavy atom. The van der Waals surface area contributed by atoms with Gasteiger partial charge in [0.2, 0.25) is 11.7 Å². The van der Waals surface area contributed by atoms with Crippen LogP contribution in [0.3, 0.4) is 0 Å². The summed E-state index contributed by atoms with van der Waals surface area (Å²) in [6.07, 6.45) is 3.28. The molecule has 1 amide bonds. The molecule has 0 unspecified atom stereocenters. The molecule has 0 aliphatic heterocycles. The first-order valence-corrected chi connectivity index (χ1v) is 13.5. The largest absolute Gasteiger partial charge is 0.493 e. The summed E-state index contributed by atoms with van der Waals surface area (Å²) in [4.78, 5) is 18.2. The van der Waals surface area contributed by atoms with E-state index in [0.29, 0.717) is 41.7 Å². The Labute approximate surface area is 245 Å². The summed E-state index contributed by atoms with van der Waals surface area (Å²) < 4.78 is 16.8. The number of ether oxygens (including phenoxy) is 3. The van der Waals surface area contributed by atoms with Crippen LogP contribution in [0.25, 0.3) is 17.0 Å². The molecule has 0 saturated carbocycles. The Morgan fingerprint density at radius 3 is 2.21 bits per heavy atom. The van der Waals surface area contributed by atoms with Crippen LogP contribution in [0.4, 0.5) is 17.1 Å². The smallest absolute Gasteiger partial charge is 0.248 e. The van der Waals surface area contributed by atoms with Crippen LogP contribution >= 0.6 is 0 Å². The van der Waals surface area contributed by atoms with Gasteiger partial charge >= 0.3 is 0 Å². The summed E-state index contributed by atoms with van der Waals surface area (Å²) in [7, 11) is 4.83. The van der Waals surface area contributed by atoms with Gasteiger partial charge in [-0.25, -0.2) is 0 Å². The molecule has 4 aromatic carbocycles. The molecule has 8 nitrogen and oxygen atoms in total. The van der Waals surface area contributed by atoms with Gasteiger partial charge in [0.25, 0.3) is 0 Å². The first-order chi connectivity index (χ1) is 20.5. The predicted molar refractivity (Wildman–Crippen MR) is 169 cm³/mol. The average Bonchev–Trinajstić information content (AvgIpc) is 3.43. The number of anilines is 3. The lowest BCUT2D eigenvalue weighted by Crippen LogP contribution is -2.22. The van der Waals surface area contributed by atoms with Crippen molar-refractivity contribution in [2.75, 3.05) is 37.3 Å². The Morgan fingerprint density at radius 2 is 1.55 bits per heavy atom. The number of methoxy groups -OCH3 is 3. The summed E-state index contributed by atoms with van der Waals surface area (Å²) in [5.41, 5.74) is 12.1. The zero-order valence-corrected chi connectivity index (χ0v) is 23.9. The molecular weight excluding hydrogens is 528 g/mol. The minimum atomic E-state index is -0.246. The fourth-order valence-electron chi connectivity index (χ4n) is 4.82. The second-order valence-corrected chi connectivity index (χ2v) is 9.77. The van der Waals surface area contributed by atoms with E-state index in [4.69, 9.17) is 19.9 Å². The van der Waals surface area contributed by atoms with Crippen molar-refractivity contribution in [1.82, 2.24) is 4.98 Å². The zero-order valence-electron chi connectivity index (χ0n) is 23.9. The number of nitrogens with two attached hydrogens (primary N) is 1. The number of aromatic amines is 1. The van der Waals surface area contributed by atoms with Crippen LogP contribution in [0.15, 0.2) is 97.1 Å². The summed E-state index contributed by atoms with van der Waals surface area (Å²) in [5.74, 6) is 1.47. The predicted octanol–water partition coefficient (Wildman–Crippen LogP) is 6.63. The Bertz CT molecular complexity index is 1650. The number of nitrogens with one attached hydrogen (secondary N) is 2. The van der Waals surface area contributed by atoms with Crippen molar-refractivity contribution in [3.63, 3.8) is 0 Å². The van der Waals surface area contributed by atoms with E-state index in [1.807, 2.05) is 48.5 Å². The maximum atomic E-state index is 12.4. The number of H-pyrrole nitrogens is 1. The molecule has 214 valence electrons. The second-order valence-electron chi connectivity index (χ2n) is 9.77. The molecule has 1 heterocycles. The van der Waals surface area contributed by atoms with Gasteiger partial charge in [-0.2, -0.15) is 0 Å². The number of hydrogen-bond donors (Lipinski definition) is 3. The lowest BCUT2D eigenvalue weighted by molar-refractivity contribution is -0.111. The molecule has 0 radical (unpaired) electrons. The van der Waals surface area contributed by atoms with E-state index in [0.717, 1.165) is 33.4 Å². The number of aromatic nitrogens is 1. The molecule has 0 aliphatic carbocycles. The van der Waals surface area contributed by atoms with Crippen molar-refractivity contribution in [2.45, 2.75) is 13.1 Å². The minimum absolute atomic E-state index is 0.246. The Hall–Kier alpha value is -5.37. The SMILES string of the molecule is COc1cc(N(Cc2ccc(C=CC(=O)Nc3ccccc3N)cc2)Cc2cc3ccccc3[nH]2)cc(OC)c1OC. The molecule has 4 N–H and O–H groups in total. The van der Waals surface area contributed by atoms with Gasteiger partial charge in [0, 0.05) is 41.7 Å². The van der Waals surface area contributed by atoms with Gasteiger partial charge < -0.3 is 35.1 Å². The van der Waals surface area contributed by atoms with Gasteiger partial charge in [0.05, 0.1) is 39.2 Å². The third kappa shape index (κ3) is 6.50. The highest BCUT2D eigenvalue weighted by Crippen LogP contribution is 2.41. The zero-order chi connectivity index (χ0) is 29.5. The van der Waals surface area contributed by atoms with E-state index < -0.39 is 0 Å². The van der Waals surface area contributed by atoms with Gasteiger partial charge in [-0.15, -0.1) is 0 Å². The first kappa shape index (κ1) is 28.2. The maximum absolute atomic E-state index is 12.4. The third-order valence-electron chi connectivity index (χ3n) is 6.96. The van der Waals surface area contributed by atoms with Crippen molar-refractivity contribution in [3.8, 4) is 17.2 Å². The van der Waals surface area contributed by atoms with Crippen LogP contribution in [0.2, 0.25) is 0 Å². The molecule has 0 fully saturated rings. The second kappa shape index (κ2) is 12.9. The number of amides is 1. The van der Waals surface area contributed by atoms with Gasteiger partial charge in [-0.05, 0) is 46.9 Å². The molecule has 8 heteroatoms. The molecule has 0 aliphatic rings. The monoisotopic (exact) mass is 562 g/mol. The van der Waals surface area contributed by atoms with E-state index in [-0.39, 0.29) is 5.91 Å². The minimum Gasteiger partial charge on any atom is -0.493 e. The van der Waals surface area contributed by atoms with Gasteiger partial charge in [0.15, 0.2) is 11.5 Å². The topological polar surface area (TPSA) is 102 Å². The van der Waals surface area contributed by atoms with E-state index in [2.05, 4.69) is 45.5 Å². The van der Waals surface area contributed by atoms with Gasteiger partial charge in [-0.1, -0.05) is 54.6 Å². The number of carbonyl (C=O) groups excluding carboxylic acids is 1. The molecule has 5 aromatic rings. The van der Waals surface area contributed by atoms with Crippen molar-refractivity contribution < 1.29 is 19.0 Å². The maximum Gasteiger partial charge on any atom is 0.248 e. The van der Waals surface area contributed by atoms with Crippen LogP contribution in [0, 0.1) is 0 Å². The number of nitrogen functional groups attached to an aromatic ring is 1. The van der Waals surface area contributed by atoms with Crippen molar-refractivity contribution in [2.24, 2.45) is 0 Å². The number of benzene rings is 4. The van der Waals surface area contributed by atoms with Crippen LogP contribution in [-0.4, -0.2) is 32.2 Å². The Balaban J connectivity index is 1.38. The van der Waals surface area contributed by atoms with Crippen LogP contribution < -0.4 is 30.2 Å². The van der Waals surface area contributed by atoms with E-state index in [1.54, 1.807) is 39.5 Å². The lowest BCUT2D eigenvalue weighted by Gasteiger charge is -2.26. The van der Waals surface area contributed by atoms with Gasteiger partial charge in [0.1, 0.15) is 0 Å². The van der Waals surface area contributed by atoms with Crippen LogP contribution in [-0.2, 0) is 17.9 Å². The number of carbonyl (C=O) groups is 1. The molecule has 42 heavy (non-hydrogen) atoms. The van der Waals surface area contributed by atoms with E-state index >= 15 is 0 Å². The fraction of sp³-hybridized carbons (Fsp3) is 0.147. The third-order valence-corrected chi connectivity index (χ3v) is 6.96. The van der Waals surface area contributed by atoms with Gasteiger partial charge in [-0.3, -0.25) is 4.79 Å². The molecule has 1 aromatic heterocycles. The molecule has 0 saturated heterocycles. The summed E-state index contributed by atoms with van der Waals surface area (Å²) in [6.45, 7) is 1.24. The molecule has 0 bridgehead atoms. The molecule has 0 atom stereocenters. The van der Waals surface area contributed by atoms with E-state index in [1.165, 1.54) is 6.08 Å². The lowest BCUT2D eigenvalue weighted by atomic mass is 10.1. The van der Waals surface area contributed by atoms with Crippen LogP contribution in [0.5, 0.6) is 17.2 Å². The normalized spacial score (nSPS) is 11.0. The number of rotatable bonds is 11. The molecule has 0 spiro atoms. The van der Waals surface area contributed by atoms with Crippen molar-refractivity contribution in [1.29, 1.82) is 0 Å².